The molecule has 4 nitrogen and oxygen atoms in total. The van der Waals surface area contributed by atoms with Gasteiger partial charge in [-0.2, -0.15) is 5.10 Å². The fourth-order valence-electron chi connectivity index (χ4n) is 2.17. The third kappa shape index (κ3) is 4.19. The first-order chi connectivity index (χ1) is 10.5. The quantitative estimate of drug-likeness (QED) is 0.672. The van der Waals surface area contributed by atoms with Crippen molar-refractivity contribution in [2.24, 2.45) is 5.10 Å². The van der Waals surface area contributed by atoms with E-state index >= 15 is 0 Å². The van der Waals surface area contributed by atoms with Crippen molar-refractivity contribution in [2.45, 2.75) is 27.2 Å². The van der Waals surface area contributed by atoms with Crippen LogP contribution in [0.2, 0.25) is 0 Å². The predicted molar refractivity (Wildman–Crippen MR) is 88.1 cm³/mol. The number of aromatic hydroxyl groups is 1. The molecule has 2 rings (SSSR count). The van der Waals surface area contributed by atoms with Crippen LogP contribution in [0.15, 0.2) is 47.6 Å². The molecule has 1 amide bonds. The number of aryl methyl sites for hydroxylation is 2. The number of amides is 1. The number of nitrogens with one attached hydrogen (secondary N) is 1. The lowest BCUT2D eigenvalue weighted by molar-refractivity contribution is -0.120. The fraction of sp³-hybridized carbons (Fsp3) is 0.222. The molecule has 0 bridgehead atoms. The molecular formula is C18H20N2O2. The van der Waals surface area contributed by atoms with Gasteiger partial charge in [-0.1, -0.05) is 23.8 Å². The highest BCUT2D eigenvalue weighted by molar-refractivity contribution is 5.99. The summed E-state index contributed by atoms with van der Waals surface area (Å²) in [5.41, 5.74) is 7.40. The minimum atomic E-state index is -0.148. The lowest BCUT2D eigenvalue weighted by Crippen LogP contribution is -2.21. The van der Waals surface area contributed by atoms with E-state index in [0.29, 0.717) is 12.1 Å². The zero-order chi connectivity index (χ0) is 16.1. The molecule has 114 valence electrons. The Morgan fingerprint density at radius 2 is 1.82 bits per heavy atom. The molecule has 0 saturated heterocycles. The van der Waals surface area contributed by atoms with Gasteiger partial charge in [0, 0.05) is 0 Å². The van der Waals surface area contributed by atoms with Gasteiger partial charge in [0.2, 0.25) is 5.91 Å². The average Bonchev–Trinajstić information content (AvgIpc) is 2.48. The van der Waals surface area contributed by atoms with Crippen molar-refractivity contribution in [3.8, 4) is 5.75 Å². The molecule has 2 aromatic carbocycles. The third-order valence-corrected chi connectivity index (χ3v) is 3.48. The van der Waals surface area contributed by atoms with Crippen molar-refractivity contribution >= 4 is 11.6 Å². The van der Waals surface area contributed by atoms with Gasteiger partial charge >= 0.3 is 0 Å². The zero-order valence-corrected chi connectivity index (χ0v) is 13.1. The van der Waals surface area contributed by atoms with Gasteiger partial charge in [-0.05, 0) is 61.7 Å². The Labute approximate surface area is 130 Å². The largest absolute Gasteiger partial charge is 0.508 e. The molecule has 2 aromatic rings. The van der Waals surface area contributed by atoms with Gasteiger partial charge in [0.05, 0.1) is 12.1 Å². The van der Waals surface area contributed by atoms with E-state index in [9.17, 15) is 9.90 Å². The van der Waals surface area contributed by atoms with Gasteiger partial charge in [-0.3, -0.25) is 4.79 Å². The van der Waals surface area contributed by atoms with Crippen LogP contribution < -0.4 is 5.43 Å². The van der Waals surface area contributed by atoms with Gasteiger partial charge < -0.3 is 5.11 Å². The number of nitrogens with zero attached hydrogens (tertiary/aromatic N) is 1. The number of rotatable bonds is 4. The van der Waals surface area contributed by atoms with Gasteiger partial charge in [0.1, 0.15) is 5.75 Å². The zero-order valence-electron chi connectivity index (χ0n) is 13.1. The Morgan fingerprint density at radius 1 is 1.14 bits per heavy atom. The summed E-state index contributed by atoms with van der Waals surface area (Å²) in [6.07, 6.45) is 0.304. The monoisotopic (exact) mass is 296 g/mol. The van der Waals surface area contributed by atoms with Crippen LogP contribution in [0.3, 0.4) is 0 Å². The van der Waals surface area contributed by atoms with Gasteiger partial charge in [0.25, 0.3) is 0 Å². The van der Waals surface area contributed by atoms with E-state index in [0.717, 1.165) is 16.7 Å². The molecule has 0 saturated carbocycles. The van der Waals surface area contributed by atoms with E-state index in [2.05, 4.69) is 16.6 Å². The second-order valence-electron chi connectivity index (χ2n) is 5.39. The summed E-state index contributed by atoms with van der Waals surface area (Å²) in [4.78, 5) is 12.0. The number of hydrogen-bond acceptors (Lipinski definition) is 3. The Bertz CT molecular complexity index is 704. The lowest BCUT2D eigenvalue weighted by atomic mass is 10.0. The summed E-state index contributed by atoms with van der Waals surface area (Å²) in [6.45, 7) is 5.84. The maximum atomic E-state index is 12.0. The standard InChI is InChI=1S/C18H20N2O2/c1-12-4-5-16(13(2)10-12)11-18(22)20-19-14(3)15-6-8-17(21)9-7-15/h4-10,21H,11H2,1-3H3,(H,20,22)/b19-14+. The van der Waals surface area contributed by atoms with Crippen molar-refractivity contribution in [2.75, 3.05) is 0 Å². The summed E-state index contributed by atoms with van der Waals surface area (Å²) < 4.78 is 0. The summed E-state index contributed by atoms with van der Waals surface area (Å²) in [7, 11) is 0. The predicted octanol–water partition coefficient (Wildman–Crippen LogP) is 3.09. The molecule has 2 N–H and O–H groups in total. The molecule has 0 aliphatic heterocycles. The van der Waals surface area contributed by atoms with Crippen molar-refractivity contribution < 1.29 is 9.90 Å². The van der Waals surface area contributed by atoms with Crippen LogP contribution >= 0.6 is 0 Å². The molecule has 22 heavy (non-hydrogen) atoms. The first-order valence-electron chi connectivity index (χ1n) is 7.14. The maximum Gasteiger partial charge on any atom is 0.244 e. The summed E-state index contributed by atoms with van der Waals surface area (Å²) in [5.74, 6) is 0.0560. The fourth-order valence-corrected chi connectivity index (χ4v) is 2.17. The molecule has 0 atom stereocenters. The van der Waals surface area contributed by atoms with Crippen LogP contribution in [-0.2, 0) is 11.2 Å². The highest BCUT2D eigenvalue weighted by Crippen LogP contribution is 2.12. The van der Waals surface area contributed by atoms with Crippen molar-refractivity contribution in [1.29, 1.82) is 0 Å². The van der Waals surface area contributed by atoms with Gasteiger partial charge in [-0.25, -0.2) is 5.43 Å². The normalized spacial score (nSPS) is 11.3. The third-order valence-electron chi connectivity index (χ3n) is 3.48. The van der Waals surface area contributed by atoms with E-state index < -0.39 is 0 Å². The highest BCUT2D eigenvalue weighted by Gasteiger charge is 2.06. The van der Waals surface area contributed by atoms with Crippen LogP contribution in [0.1, 0.15) is 29.2 Å². The van der Waals surface area contributed by atoms with Crippen LogP contribution in [0, 0.1) is 13.8 Å². The summed E-state index contributed by atoms with van der Waals surface area (Å²) in [6, 6.07) is 12.7. The number of hydrogen-bond donors (Lipinski definition) is 2. The smallest absolute Gasteiger partial charge is 0.244 e. The number of carbonyl (C=O) groups excluding carboxylic acids is 1. The second-order valence-corrected chi connectivity index (χ2v) is 5.39. The number of phenolic OH excluding ortho intramolecular Hbond substituents is 1. The van der Waals surface area contributed by atoms with E-state index in [-0.39, 0.29) is 11.7 Å². The Balaban J connectivity index is 1.99. The van der Waals surface area contributed by atoms with E-state index in [1.807, 2.05) is 32.9 Å². The number of hydrazone groups is 1. The van der Waals surface area contributed by atoms with Crippen molar-refractivity contribution in [3.63, 3.8) is 0 Å². The summed E-state index contributed by atoms with van der Waals surface area (Å²) >= 11 is 0. The molecule has 0 radical (unpaired) electrons. The molecule has 0 aromatic heterocycles. The molecule has 0 unspecified atom stereocenters. The highest BCUT2D eigenvalue weighted by atomic mass is 16.3. The van der Waals surface area contributed by atoms with Crippen LogP contribution in [0.25, 0.3) is 0 Å². The van der Waals surface area contributed by atoms with Crippen LogP contribution in [0.5, 0.6) is 5.75 Å². The molecule has 0 spiro atoms. The first kappa shape index (κ1) is 15.8. The molecule has 0 aliphatic carbocycles. The Morgan fingerprint density at radius 3 is 2.45 bits per heavy atom. The van der Waals surface area contributed by atoms with Crippen LogP contribution in [-0.4, -0.2) is 16.7 Å². The molecular weight excluding hydrogens is 276 g/mol. The molecule has 0 aliphatic rings. The maximum absolute atomic E-state index is 12.0. The van der Waals surface area contributed by atoms with Gasteiger partial charge in [0.15, 0.2) is 0 Å². The Kier molecular flexibility index (Phi) is 4.94. The summed E-state index contributed by atoms with van der Waals surface area (Å²) in [5, 5.41) is 13.4. The van der Waals surface area contributed by atoms with Gasteiger partial charge in [-0.15, -0.1) is 0 Å². The van der Waals surface area contributed by atoms with Crippen LogP contribution in [0.4, 0.5) is 0 Å². The second kappa shape index (κ2) is 6.89. The van der Waals surface area contributed by atoms with E-state index in [1.54, 1.807) is 24.3 Å². The SMILES string of the molecule is C/C(=N\NC(=O)Cc1ccc(C)cc1C)c1ccc(O)cc1. The topological polar surface area (TPSA) is 61.7 Å². The molecule has 0 fully saturated rings. The van der Waals surface area contributed by atoms with Crippen molar-refractivity contribution in [3.05, 3.63) is 64.7 Å². The number of phenols is 1. The lowest BCUT2D eigenvalue weighted by Gasteiger charge is -2.07. The minimum absolute atomic E-state index is 0.148. The molecule has 0 heterocycles. The average molecular weight is 296 g/mol. The molecule has 4 heteroatoms. The van der Waals surface area contributed by atoms with E-state index in [1.165, 1.54) is 5.56 Å². The number of carbonyl (C=O) groups is 1. The Hall–Kier alpha value is -2.62. The minimum Gasteiger partial charge on any atom is -0.508 e. The first-order valence-corrected chi connectivity index (χ1v) is 7.14. The van der Waals surface area contributed by atoms with E-state index in [4.69, 9.17) is 0 Å². The van der Waals surface area contributed by atoms with Crippen molar-refractivity contribution in [1.82, 2.24) is 5.43 Å². The number of benzene rings is 2.